The summed E-state index contributed by atoms with van der Waals surface area (Å²) in [6.45, 7) is 0.731. The van der Waals surface area contributed by atoms with E-state index < -0.39 is 0 Å². The summed E-state index contributed by atoms with van der Waals surface area (Å²) in [5.41, 5.74) is 5.59. The predicted molar refractivity (Wildman–Crippen MR) is 41.3 cm³/mol. The van der Waals surface area contributed by atoms with Crippen LogP contribution in [0.2, 0.25) is 0 Å². The van der Waals surface area contributed by atoms with Gasteiger partial charge in [-0.25, -0.2) is 0 Å². The van der Waals surface area contributed by atoms with Gasteiger partial charge in [0.15, 0.2) is 0 Å². The quantitative estimate of drug-likeness (QED) is 0.662. The van der Waals surface area contributed by atoms with Crippen molar-refractivity contribution in [2.45, 2.75) is 0 Å². The molecule has 1 aromatic heterocycles. The lowest BCUT2D eigenvalue weighted by molar-refractivity contribution is 0.310. The van der Waals surface area contributed by atoms with Crippen LogP contribution in [-0.2, 0) is 0 Å². The van der Waals surface area contributed by atoms with Gasteiger partial charge in [0.2, 0.25) is 0 Å². The van der Waals surface area contributed by atoms with E-state index in [2.05, 4.69) is 10.2 Å². The van der Waals surface area contributed by atoms with Crippen molar-refractivity contribution in [2.24, 2.45) is 5.73 Å². The van der Waals surface area contributed by atoms with Gasteiger partial charge in [-0.05, 0) is 6.07 Å². The van der Waals surface area contributed by atoms with Gasteiger partial charge < -0.3 is 10.5 Å². The van der Waals surface area contributed by atoms with E-state index in [4.69, 9.17) is 15.7 Å². The minimum Gasteiger partial charge on any atom is -0.474 e. The van der Waals surface area contributed by atoms with Crippen LogP contribution in [-0.4, -0.2) is 23.3 Å². The lowest BCUT2D eigenvalue weighted by Gasteiger charge is -2.02. The van der Waals surface area contributed by atoms with E-state index in [0.717, 1.165) is 0 Å². The first-order chi connectivity index (χ1) is 5.88. The van der Waals surface area contributed by atoms with Gasteiger partial charge >= 0.3 is 0 Å². The van der Waals surface area contributed by atoms with Crippen LogP contribution in [0, 0.1) is 11.3 Å². The summed E-state index contributed by atoms with van der Waals surface area (Å²) in [4.78, 5) is 0. The minimum atomic E-state index is 0.241. The molecule has 0 amide bonds. The number of rotatable bonds is 3. The fourth-order valence-corrected chi connectivity index (χ4v) is 0.666. The zero-order chi connectivity index (χ0) is 8.81. The molecule has 0 atom stereocenters. The fourth-order valence-electron chi connectivity index (χ4n) is 0.666. The third kappa shape index (κ3) is 1.90. The summed E-state index contributed by atoms with van der Waals surface area (Å²) in [6.07, 6.45) is 1.44. The van der Waals surface area contributed by atoms with Gasteiger partial charge in [0.05, 0.1) is 6.20 Å². The maximum Gasteiger partial charge on any atom is 0.251 e. The van der Waals surface area contributed by atoms with Gasteiger partial charge in [0.1, 0.15) is 18.2 Å². The third-order valence-corrected chi connectivity index (χ3v) is 1.16. The average molecular weight is 164 g/mol. The highest BCUT2D eigenvalue weighted by Gasteiger charge is 2.02. The van der Waals surface area contributed by atoms with Crippen molar-refractivity contribution < 1.29 is 4.74 Å². The Bertz CT molecular complexity index is 294. The minimum absolute atomic E-state index is 0.241. The number of hydrogen-bond acceptors (Lipinski definition) is 5. The Kier molecular flexibility index (Phi) is 2.99. The molecule has 0 spiro atoms. The molecule has 1 heterocycles. The molecule has 12 heavy (non-hydrogen) atoms. The molecule has 0 aliphatic carbocycles. The van der Waals surface area contributed by atoms with Gasteiger partial charge in [0, 0.05) is 6.54 Å². The van der Waals surface area contributed by atoms with Crippen LogP contribution in [0.3, 0.4) is 0 Å². The zero-order valence-corrected chi connectivity index (χ0v) is 6.40. The van der Waals surface area contributed by atoms with Gasteiger partial charge in [0.25, 0.3) is 5.88 Å². The van der Waals surface area contributed by atoms with Crippen molar-refractivity contribution in [1.82, 2.24) is 10.2 Å². The number of ether oxygens (including phenoxy) is 1. The SMILES string of the molecule is N#Cc1ccnnc1OCCN. The second kappa shape index (κ2) is 4.26. The second-order valence-electron chi connectivity index (χ2n) is 2.00. The molecular formula is C7H8N4O. The molecule has 0 bridgehead atoms. The lowest BCUT2D eigenvalue weighted by Crippen LogP contribution is -2.12. The molecule has 0 saturated heterocycles. The summed E-state index contributed by atoms with van der Waals surface area (Å²) >= 11 is 0. The summed E-state index contributed by atoms with van der Waals surface area (Å²) in [6, 6.07) is 3.48. The fraction of sp³-hybridized carbons (Fsp3) is 0.286. The van der Waals surface area contributed by atoms with E-state index >= 15 is 0 Å². The molecule has 0 fully saturated rings. The summed E-state index contributed by atoms with van der Waals surface area (Å²) in [5, 5.41) is 15.8. The number of nitrogens with two attached hydrogens (primary N) is 1. The van der Waals surface area contributed by atoms with Crippen molar-refractivity contribution in [1.29, 1.82) is 5.26 Å². The van der Waals surface area contributed by atoms with Crippen molar-refractivity contribution in [3.05, 3.63) is 17.8 Å². The van der Waals surface area contributed by atoms with Crippen molar-refractivity contribution >= 4 is 0 Å². The van der Waals surface area contributed by atoms with Crippen LogP contribution in [0.25, 0.3) is 0 Å². The van der Waals surface area contributed by atoms with Gasteiger partial charge in [-0.15, -0.1) is 5.10 Å². The molecule has 0 aromatic carbocycles. The summed E-state index contributed by atoms with van der Waals surface area (Å²) < 4.78 is 5.06. The maximum absolute atomic E-state index is 8.59. The molecule has 2 N–H and O–H groups in total. The molecule has 1 rings (SSSR count). The van der Waals surface area contributed by atoms with E-state index in [1.54, 1.807) is 6.07 Å². The van der Waals surface area contributed by atoms with E-state index in [9.17, 15) is 0 Å². The standard InChI is InChI=1S/C7H8N4O/c8-2-4-12-7-6(5-9)1-3-10-11-7/h1,3H,2,4,8H2. The van der Waals surface area contributed by atoms with Crippen LogP contribution in [0.4, 0.5) is 0 Å². The van der Waals surface area contributed by atoms with Crippen molar-refractivity contribution in [3.8, 4) is 11.9 Å². The number of aromatic nitrogens is 2. The maximum atomic E-state index is 8.59. The molecule has 0 saturated carbocycles. The Morgan fingerprint density at radius 3 is 3.17 bits per heavy atom. The first-order valence-electron chi connectivity index (χ1n) is 3.43. The predicted octanol–water partition coefficient (Wildman–Crippen LogP) is -0.314. The topological polar surface area (TPSA) is 84.8 Å². The molecule has 62 valence electrons. The average Bonchev–Trinajstić information content (AvgIpc) is 2.15. The van der Waals surface area contributed by atoms with Crippen LogP contribution in [0.15, 0.2) is 12.3 Å². The highest BCUT2D eigenvalue weighted by atomic mass is 16.5. The van der Waals surface area contributed by atoms with Crippen LogP contribution in [0.5, 0.6) is 5.88 Å². The Morgan fingerprint density at radius 1 is 1.67 bits per heavy atom. The monoisotopic (exact) mass is 164 g/mol. The Hall–Kier alpha value is -1.67. The van der Waals surface area contributed by atoms with Gasteiger partial charge in [-0.3, -0.25) is 0 Å². The number of hydrogen-bond donors (Lipinski definition) is 1. The Morgan fingerprint density at radius 2 is 2.50 bits per heavy atom. The molecule has 0 aliphatic rings. The van der Waals surface area contributed by atoms with Crippen LogP contribution < -0.4 is 10.5 Å². The van der Waals surface area contributed by atoms with Crippen LogP contribution in [0.1, 0.15) is 5.56 Å². The molecule has 0 unspecified atom stereocenters. The molecule has 0 radical (unpaired) electrons. The normalized spacial score (nSPS) is 9.00. The third-order valence-electron chi connectivity index (χ3n) is 1.16. The summed E-state index contributed by atoms with van der Waals surface area (Å²) in [7, 11) is 0. The summed E-state index contributed by atoms with van der Waals surface area (Å²) in [5.74, 6) is 0.241. The van der Waals surface area contributed by atoms with E-state index in [-0.39, 0.29) is 5.88 Å². The number of nitrogens with zero attached hydrogens (tertiary/aromatic N) is 3. The second-order valence-corrected chi connectivity index (χ2v) is 2.00. The van der Waals surface area contributed by atoms with E-state index in [1.165, 1.54) is 6.20 Å². The van der Waals surface area contributed by atoms with Crippen molar-refractivity contribution in [3.63, 3.8) is 0 Å². The molecule has 0 aliphatic heterocycles. The zero-order valence-electron chi connectivity index (χ0n) is 6.40. The smallest absolute Gasteiger partial charge is 0.251 e. The number of nitriles is 1. The molecule has 1 aromatic rings. The Labute approximate surface area is 69.8 Å². The molecule has 5 nitrogen and oxygen atoms in total. The molecular weight excluding hydrogens is 156 g/mol. The van der Waals surface area contributed by atoms with Crippen LogP contribution >= 0.6 is 0 Å². The van der Waals surface area contributed by atoms with Gasteiger partial charge in [-0.2, -0.15) is 10.4 Å². The molecule has 5 heteroatoms. The first kappa shape index (κ1) is 8.43. The van der Waals surface area contributed by atoms with E-state index in [0.29, 0.717) is 18.7 Å². The van der Waals surface area contributed by atoms with E-state index in [1.807, 2.05) is 6.07 Å². The largest absolute Gasteiger partial charge is 0.474 e. The first-order valence-corrected chi connectivity index (χ1v) is 3.43. The van der Waals surface area contributed by atoms with Gasteiger partial charge in [-0.1, -0.05) is 0 Å². The van der Waals surface area contributed by atoms with Crippen molar-refractivity contribution in [2.75, 3.05) is 13.2 Å². The highest BCUT2D eigenvalue weighted by molar-refractivity contribution is 5.35. The highest BCUT2D eigenvalue weighted by Crippen LogP contribution is 2.10. The lowest BCUT2D eigenvalue weighted by atomic mass is 10.3. The Balaban J connectivity index is 2.77.